The van der Waals surface area contributed by atoms with E-state index in [1.165, 1.54) is 11.1 Å². The normalized spacial score (nSPS) is 15.7. The number of amides is 1. The fraction of sp³-hybridized carbons (Fsp3) is 0.316. The van der Waals surface area contributed by atoms with Gasteiger partial charge in [0.05, 0.1) is 17.4 Å². The zero-order valence-corrected chi connectivity index (χ0v) is 16.6. The van der Waals surface area contributed by atoms with Crippen molar-refractivity contribution in [2.45, 2.75) is 25.9 Å². The van der Waals surface area contributed by atoms with Gasteiger partial charge in [0.15, 0.2) is 11.5 Å². The zero-order chi connectivity index (χ0) is 17.4. The molecule has 2 heterocycles. The second kappa shape index (κ2) is 8.69. The van der Waals surface area contributed by atoms with Crippen molar-refractivity contribution in [1.29, 1.82) is 0 Å². The molecule has 0 saturated heterocycles. The third kappa shape index (κ3) is 4.24. The van der Waals surface area contributed by atoms with Crippen LogP contribution in [0.15, 0.2) is 36.4 Å². The van der Waals surface area contributed by atoms with Crippen LogP contribution in [0.1, 0.15) is 18.1 Å². The first kappa shape index (κ1) is 21.2. The predicted molar refractivity (Wildman–Crippen MR) is 110 cm³/mol. The Morgan fingerprint density at radius 2 is 1.81 bits per heavy atom. The molecule has 8 heteroatoms. The van der Waals surface area contributed by atoms with Crippen molar-refractivity contribution in [3.8, 4) is 11.5 Å². The lowest BCUT2D eigenvalue weighted by Gasteiger charge is -2.33. The Bertz CT molecular complexity index is 832. The summed E-state index contributed by atoms with van der Waals surface area (Å²) in [7, 11) is 0. The van der Waals surface area contributed by atoms with Crippen molar-refractivity contribution >= 4 is 42.1 Å². The number of nitrogen functional groups attached to an aromatic ring is 1. The number of benzene rings is 2. The summed E-state index contributed by atoms with van der Waals surface area (Å²) < 4.78 is 10.6. The molecule has 2 aliphatic rings. The Kier molecular flexibility index (Phi) is 6.81. The predicted octanol–water partition coefficient (Wildman–Crippen LogP) is 3.23. The summed E-state index contributed by atoms with van der Waals surface area (Å²) in [5, 5.41) is 2.92. The van der Waals surface area contributed by atoms with E-state index >= 15 is 0 Å². The van der Waals surface area contributed by atoms with E-state index in [0.717, 1.165) is 19.5 Å². The minimum atomic E-state index is -0.252. The Hall–Kier alpha value is -2.15. The molecule has 0 aromatic heterocycles. The maximum atomic E-state index is 12.7. The Balaban J connectivity index is 0.00000131. The topological polar surface area (TPSA) is 76.8 Å². The molecular formula is C19H23Cl2N3O3. The SMILES string of the molecule is CC(C(=O)Nc1cc2c(cc1N)OCO2)N1CCc2ccccc2C1.Cl.Cl. The van der Waals surface area contributed by atoms with Gasteiger partial charge in [0, 0.05) is 25.2 Å². The minimum absolute atomic E-state index is 0. The first-order chi connectivity index (χ1) is 12.1. The number of carbonyl (C=O) groups excluding carboxylic acids is 1. The number of carbonyl (C=O) groups is 1. The molecule has 0 aliphatic carbocycles. The van der Waals surface area contributed by atoms with Crippen LogP contribution in [-0.2, 0) is 17.8 Å². The number of hydrogen-bond donors (Lipinski definition) is 2. The van der Waals surface area contributed by atoms with E-state index in [0.29, 0.717) is 22.9 Å². The van der Waals surface area contributed by atoms with Crippen molar-refractivity contribution < 1.29 is 14.3 Å². The lowest BCUT2D eigenvalue weighted by Crippen LogP contribution is -2.44. The number of nitrogens with zero attached hydrogens (tertiary/aromatic N) is 1. The maximum absolute atomic E-state index is 12.7. The third-order valence-corrected chi connectivity index (χ3v) is 4.89. The molecule has 1 amide bonds. The number of rotatable bonds is 3. The summed E-state index contributed by atoms with van der Waals surface area (Å²) in [6.07, 6.45) is 0.958. The molecule has 0 spiro atoms. The smallest absolute Gasteiger partial charge is 0.241 e. The number of fused-ring (bicyclic) bond motifs is 2. The molecule has 1 atom stereocenters. The largest absolute Gasteiger partial charge is 0.454 e. The summed E-state index contributed by atoms with van der Waals surface area (Å²) in [6.45, 7) is 3.74. The van der Waals surface area contributed by atoms with Gasteiger partial charge >= 0.3 is 0 Å². The average Bonchev–Trinajstić information content (AvgIpc) is 3.08. The quantitative estimate of drug-likeness (QED) is 0.758. The standard InChI is InChI=1S/C19H21N3O3.2ClH/c1-12(22-7-6-13-4-2-3-5-14(13)10-22)19(23)21-16-9-18-17(8-15(16)20)24-11-25-18;;/h2-5,8-9,12H,6-7,10-11,20H2,1H3,(H,21,23);2*1H. The first-order valence-corrected chi connectivity index (χ1v) is 8.42. The van der Waals surface area contributed by atoms with E-state index in [1.807, 2.05) is 13.0 Å². The zero-order valence-electron chi connectivity index (χ0n) is 14.9. The molecule has 2 aromatic carbocycles. The van der Waals surface area contributed by atoms with Crippen LogP contribution >= 0.6 is 24.8 Å². The maximum Gasteiger partial charge on any atom is 0.241 e. The van der Waals surface area contributed by atoms with E-state index in [1.54, 1.807) is 12.1 Å². The monoisotopic (exact) mass is 411 g/mol. The van der Waals surface area contributed by atoms with Gasteiger partial charge in [-0.25, -0.2) is 0 Å². The molecule has 0 bridgehead atoms. The Labute approximate surface area is 170 Å². The molecule has 6 nitrogen and oxygen atoms in total. The van der Waals surface area contributed by atoms with E-state index in [-0.39, 0.29) is 43.6 Å². The molecule has 2 aromatic rings. The molecule has 0 saturated carbocycles. The van der Waals surface area contributed by atoms with Gasteiger partial charge in [-0.2, -0.15) is 0 Å². The summed E-state index contributed by atoms with van der Waals surface area (Å²) in [5.41, 5.74) is 9.70. The molecule has 4 rings (SSSR count). The minimum Gasteiger partial charge on any atom is -0.454 e. The highest BCUT2D eigenvalue weighted by molar-refractivity contribution is 5.97. The Morgan fingerprint density at radius 1 is 1.15 bits per heavy atom. The lowest BCUT2D eigenvalue weighted by molar-refractivity contribution is -0.121. The van der Waals surface area contributed by atoms with Gasteiger partial charge in [-0.3, -0.25) is 9.69 Å². The summed E-state index contributed by atoms with van der Waals surface area (Å²) in [5.74, 6) is 1.13. The second-order valence-corrected chi connectivity index (χ2v) is 6.45. The van der Waals surface area contributed by atoms with Gasteiger partial charge in [0.2, 0.25) is 12.7 Å². The van der Waals surface area contributed by atoms with Crippen molar-refractivity contribution in [2.24, 2.45) is 0 Å². The van der Waals surface area contributed by atoms with Crippen LogP contribution in [-0.4, -0.2) is 30.2 Å². The number of halogens is 2. The van der Waals surface area contributed by atoms with E-state index in [2.05, 4.69) is 28.4 Å². The molecule has 0 fully saturated rings. The van der Waals surface area contributed by atoms with Crippen LogP contribution < -0.4 is 20.5 Å². The third-order valence-electron chi connectivity index (χ3n) is 4.89. The van der Waals surface area contributed by atoms with Gasteiger partial charge in [0.1, 0.15) is 0 Å². The average molecular weight is 412 g/mol. The number of hydrogen-bond acceptors (Lipinski definition) is 5. The summed E-state index contributed by atoms with van der Waals surface area (Å²) >= 11 is 0. The van der Waals surface area contributed by atoms with Crippen LogP contribution in [0.4, 0.5) is 11.4 Å². The molecule has 1 unspecified atom stereocenters. The second-order valence-electron chi connectivity index (χ2n) is 6.45. The lowest BCUT2D eigenvalue weighted by atomic mass is 9.99. The highest BCUT2D eigenvalue weighted by atomic mass is 35.5. The van der Waals surface area contributed by atoms with Crippen LogP contribution in [0, 0.1) is 0 Å². The van der Waals surface area contributed by atoms with E-state index in [9.17, 15) is 4.79 Å². The molecule has 0 radical (unpaired) electrons. The molecule has 2 aliphatic heterocycles. The first-order valence-electron chi connectivity index (χ1n) is 8.42. The van der Waals surface area contributed by atoms with Crippen LogP contribution in [0.3, 0.4) is 0 Å². The summed E-state index contributed by atoms with van der Waals surface area (Å²) in [6, 6.07) is 11.5. The number of nitrogens with one attached hydrogen (secondary N) is 1. The summed E-state index contributed by atoms with van der Waals surface area (Å²) in [4.78, 5) is 14.9. The van der Waals surface area contributed by atoms with Crippen molar-refractivity contribution in [3.63, 3.8) is 0 Å². The van der Waals surface area contributed by atoms with Crippen molar-refractivity contribution in [2.75, 3.05) is 24.4 Å². The van der Waals surface area contributed by atoms with Gasteiger partial charge in [0.25, 0.3) is 0 Å². The van der Waals surface area contributed by atoms with Crippen LogP contribution in [0.25, 0.3) is 0 Å². The highest BCUT2D eigenvalue weighted by Crippen LogP contribution is 2.38. The molecule has 27 heavy (non-hydrogen) atoms. The van der Waals surface area contributed by atoms with Crippen molar-refractivity contribution in [3.05, 3.63) is 47.5 Å². The number of nitrogens with two attached hydrogens (primary N) is 1. The van der Waals surface area contributed by atoms with Gasteiger partial charge in [-0.15, -0.1) is 24.8 Å². The molecule has 146 valence electrons. The van der Waals surface area contributed by atoms with E-state index < -0.39 is 0 Å². The number of ether oxygens (including phenoxy) is 2. The van der Waals surface area contributed by atoms with Crippen LogP contribution in [0.5, 0.6) is 11.5 Å². The highest BCUT2D eigenvalue weighted by Gasteiger charge is 2.26. The fourth-order valence-electron chi connectivity index (χ4n) is 3.32. The van der Waals surface area contributed by atoms with Gasteiger partial charge < -0.3 is 20.5 Å². The van der Waals surface area contributed by atoms with E-state index in [4.69, 9.17) is 15.2 Å². The number of anilines is 2. The fourth-order valence-corrected chi connectivity index (χ4v) is 3.32. The Morgan fingerprint density at radius 3 is 2.56 bits per heavy atom. The van der Waals surface area contributed by atoms with Crippen molar-refractivity contribution in [1.82, 2.24) is 4.90 Å². The van der Waals surface area contributed by atoms with Crippen LogP contribution in [0.2, 0.25) is 0 Å². The van der Waals surface area contributed by atoms with Gasteiger partial charge in [-0.05, 0) is 24.5 Å². The van der Waals surface area contributed by atoms with Gasteiger partial charge in [-0.1, -0.05) is 24.3 Å². The molecular weight excluding hydrogens is 389 g/mol. The molecule has 3 N–H and O–H groups in total.